The lowest BCUT2D eigenvalue weighted by molar-refractivity contribution is -0.131. The van der Waals surface area contributed by atoms with Crippen molar-refractivity contribution in [1.82, 2.24) is 15.6 Å². The Morgan fingerprint density at radius 3 is 2.17 bits per heavy atom. The van der Waals surface area contributed by atoms with Crippen LogP contribution in [0.5, 0.6) is 0 Å². The fourth-order valence-corrected chi connectivity index (χ4v) is 2.51. The predicted molar refractivity (Wildman–Crippen MR) is 122 cm³/mol. The highest BCUT2D eigenvalue weighted by Crippen LogP contribution is 2.17. The predicted octanol–water partition coefficient (Wildman–Crippen LogP) is 2.50. The van der Waals surface area contributed by atoms with E-state index in [0.717, 1.165) is 11.1 Å². The fourth-order valence-electron chi connectivity index (χ4n) is 2.51. The van der Waals surface area contributed by atoms with Crippen molar-refractivity contribution in [2.24, 2.45) is 5.73 Å². The number of nitrogens with one attached hydrogen (secondary N) is 2. The number of nitrogens with zero attached hydrogens (tertiary/aromatic N) is 1. The number of nitrogens with two attached hydrogens (primary N) is 1. The van der Waals surface area contributed by atoms with Gasteiger partial charge in [-0.05, 0) is 28.7 Å². The van der Waals surface area contributed by atoms with Gasteiger partial charge in [-0.2, -0.15) is 0 Å². The van der Waals surface area contributed by atoms with Gasteiger partial charge in [-0.25, -0.2) is 0 Å². The highest BCUT2D eigenvalue weighted by molar-refractivity contribution is 5.85. The molecule has 0 aliphatic heterocycles. The van der Waals surface area contributed by atoms with Crippen LogP contribution in [-0.4, -0.2) is 36.6 Å². The van der Waals surface area contributed by atoms with Crippen molar-refractivity contribution < 1.29 is 14.3 Å². The third-order valence-electron chi connectivity index (χ3n) is 4.23. The average Bonchev–Trinajstić information content (AvgIpc) is 2.71. The molecule has 7 nitrogen and oxygen atoms in total. The fraction of sp³-hybridized carbons (Fsp3) is 0.381. The number of rotatable bonds is 10. The molecule has 30 heavy (non-hydrogen) atoms. The third kappa shape index (κ3) is 10.0. The van der Waals surface area contributed by atoms with E-state index in [1.807, 2.05) is 18.2 Å². The Hall–Kier alpha value is -2.19. The third-order valence-corrected chi connectivity index (χ3v) is 4.23. The van der Waals surface area contributed by atoms with E-state index in [9.17, 15) is 9.59 Å². The molecule has 4 N–H and O–H groups in total. The van der Waals surface area contributed by atoms with Crippen molar-refractivity contribution >= 4 is 36.6 Å². The van der Waals surface area contributed by atoms with Crippen LogP contribution >= 0.6 is 24.8 Å². The zero-order chi connectivity index (χ0) is 20.4. The summed E-state index contributed by atoms with van der Waals surface area (Å²) in [5.74, 6) is -0.142. The second-order valence-electron chi connectivity index (χ2n) is 6.86. The lowest BCUT2D eigenvalue weighted by Crippen LogP contribution is -2.35. The van der Waals surface area contributed by atoms with Crippen LogP contribution in [-0.2, 0) is 20.9 Å². The van der Waals surface area contributed by atoms with E-state index in [-0.39, 0.29) is 55.9 Å². The first-order chi connectivity index (χ1) is 13.5. The van der Waals surface area contributed by atoms with Crippen LogP contribution in [0.25, 0.3) is 0 Å². The Labute approximate surface area is 190 Å². The normalized spacial score (nSPS) is 11.1. The van der Waals surface area contributed by atoms with Crippen LogP contribution < -0.4 is 16.4 Å². The molecule has 0 bridgehead atoms. The van der Waals surface area contributed by atoms with Crippen LogP contribution in [0.15, 0.2) is 48.8 Å². The zero-order valence-electron chi connectivity index (χ0n) is 17.2. The van der Waals surface area contributed by atoms with Gasteiger partial charge in [-0.15, -0.1) is 24.8 Å². The maximum Gasteiger partial charge on any atom is 0.246 e. The van der Waals surface area contributed by atoms with Crippen LogP contribution in [0.3, 0.4) is 0 Å². The highest BCUT2D eigenvalue weighted by atomic mass is 35.5. The smallest absolute Gasteiger partial charge is 0.246 e. The minimum atomic E-state index is -0.311. The number of hydrogen-bond donors (Lipinski definition) is 3. The zero-order valence-corrected chi connectivity index (χ0v) is 18.8. The minimum absolute atomic E-state index is 0. The van der Waals surface area contributed by atoms with Gasteiger partial charge >= 0.3 is 0 Å². The van der Waals surface area contributed by atoms with E-state index >= 15 is 0 Å². The van der Waals surface area contributed by atoms with E-state index in [1.165, 1.54) is 5.56 Å². The average molecular weight is 457 g/mol. The standard InChI is InChI=1S/C21H28N4O3.2ClH/c1-15(2)17-5-7-18(8-6-17)19(22)12-25-21(27)14-28-13-20(26)24-11-16-4-3-9-23-10-16;;/h3-10,15,19H,11-14,22H2,1-2H3,(H,24,26)(H,25,27);2*1H. The Morgan fingerprint density at radius 1 is 1.00 bits per heavy atom. The summed E-state index contributed by atoms with van der Waals surface area (Å²) in [4.78, 5) is 27.5. The summed E-state index contributed by atoms with van der Waals surface area (Å²) in [6.45, 7) is 4.56. The molecule has 1 heterocycles. The first-order valence-electron chi connectivity index (χ1n) is 9.31. The first kappa shape index (κ1) is 27.8. The molecule has 1 atom stereocenters. The number of ether oxygens (including phenoxy) is 1. The van der Waals surface area contributed by atoms with E-state index < -0.39 is 0 Å². The van der Waals surface area contributed by atoms with Gasteiger partial charge in [0.25, 0.3) is 0 Å². The molecule has 0 aliphatic carbocycles. The summed E-state index contributed by atoms with van der Waals surface area (Å²) >= 11 is 0. The number of benzene rings is 1. The van der Waals surface area contributed by atoms with Gasteiger partial charge in [-0.1, -0.05) is 44.2 Å². The summed E-state index contributed by atoms with van der Waals surface area (Å²) in [5, 5.41) is 5.42. The molecule has 0 saturated carbocycles. The molecule has 0 saturated heterocycles. The molecule has 0 fully saturated rings. The molecule has 0 radical (unpaired) electrons. The second kappa shape index (κ2) is 14.7. The highest BCUT2D eigenvalue weighted by Gasteiger charge is 2.10. The Morgan fingerprint density at radius 2 is 1.60 bits per heavy atom. The summed E-state index contributed by atoms with van der Waals surface area (Å²) < 4.78 is 5.15. The first-order valence-corrected chi connectivity index (χ1v) is 9.31. The maximum absolute atomic E-state index is 11.9. The lowest BCUT2D eigenvalue weighted by Gasteiger charge is -2.14. The maximum atomic E-state index is 11.9. The van der Waals surface area contributed by atoms with E-state index in [0.29, 0.717) is 19.0 Å². The van der Waals surface area contributed by atoms with Crippen LogP contribution in [0.4, 0.5) is 0 Å². The van der Waals surface area contributed by atoms with E-state index in [2.05, 4.69) is 41.6 Å². The van der Waals surface area contributed by atoms with Gasteiger partial charge in [0.05, 0.1) is 0 Å². The molecule has 9 heteroatoms. The molecule has 1 aromatic carbocycles. The molecule has 2 aromatic rings. The van der Waals surface area contributed by atoms with E-state index in [1.54, 1.807) is 18.5 Å². The van der Waals surface area contributed by atoms with Crippen molar-refractivity contribution in [1.29, 1.82) is 0 Å². The number of carbonyl (C=O) groups is 2. The molecule has 2 amide bonds. The van der Waals surface area contributed by atoms with Gasteiger partial charge < -0.3 is 21.1 Å². The number of pyridine rings is 1. The van der Waals surface area contributed by atoms with Crippen molar-refractivity contribution in [3.05, 3.63) is 65.5 Å². The largest absolute Gasteiger partial charge is 0.362 e. The molecule has 2 rings (SSSR count). The number of halogens is 2. The topological polar surface area (TPSA) is 106 Å². The molecule has 166 valence electrons. The second-order valence-corrected chi connectivity index (χ2v) is 6.86. The molecule has 1 unspecified atom stereocenters. The Kier molecular flexibility index (Phi) is 13.7. The van der Waals surface area contributed by atoms with Crippen molar-refractivity contribution in [2.75, 3.05) is 19.8 Å². The minimum Gasteiger partial charge on any atom is -0.362 e. The van der Waals surface area contributed by atoms with Crippen LogP contribution in [0.1, 0.15) is 42.5 Å². The molecular weight excluding hydrogens is 427 g/mol. The van der Waals surface area contributed by atoms with Gasteiger partial charge in [-0.3, -0.25) is 14.6 Å². The molecule has 0 aliphatic rings. The summed E-state index contributed by atoms with van der Waals surface area (Å²) in [7, 11) is 0. The number of hydrogen-bond acceptors (Lipinski definition) is 5. The number of carbonyl (C=O) groups excluding carboxylic acids is 2. The van der Waals surface area contributed by atoms with Crippen molar-refractivity contribution in [2.45, 2.75) is 32.4 Å². The molecular formula is C21H30Cl2N4O3. The molecule has 1 aromatic heterocycles. The monoisotopic (exact) mass is 456 g/mol. The summed E-state index contributed by atoms with van der Waals surface area (Å²) in [6, 6.07) is 11.4. The van der Waals surface area contributed by atoms with Gasteiger partial charge in [0, 0.05) is 31.5 Å². The van der Waals surface area contributed by atoms with Gasteiger partial charge in [0.2, 0.25) is 11.8 Å². The van der Waals surface area contributed by atoms with Crippen LogP contribution in [0.2, 0.25) is 0 Å². The van der Waals surface area contributed by atoms with Crippen molar-refractivity contribution in [3.8, 4) is 0 Å². The lowest BCUT2D eigenvalue weighted by atomic mass is 9.99. The number of aromatic nitrogens is 1. The van der Waals surface area contributed by atoms with E-state index in [4.69, 9.17) is 10.5 Å². The summed E-state index contributed by atoms with van der Waals surface area (Å²) in [5.41, 5.74) is 9.21. The SMILES string of the molecule is CC(C)c1ccc(C(N)CNC(=O)COCC(=O)NCc2cccnc2)cc1.Cl.Cl. The Bertz CT molecular complexity index is 759. The van der Waals surface area contributed by atoms with Crippen LogP contribution in [0, 0.1) is 0 Å². The van der Waals surface area contributed by atoms with Gasteiger partial charge in [0.1, 0.15) is 13.2 Å². The van der Waals surface area contributed by atoms with Gasteiger partial charge in [0.15, 0.2) is 0 Å². The quantitative estimate of drug-likeness (QED) is 0.508. The molecule has 0 spiro atoms. The van der Waals surface area contributed by atoms with Crippen molar-refractivity contribution in [3.63, 3.8) is 0 Å². The Balaban J connectivity index is 0.00000420. The number of amides is 2. The summed E-state index contributed by atoms with van der Waals surface area (Å²) in [6.07, 6.45) is 3.34.